The number of rotatable bonds is 7. The number of carbonyl (C=O) groups excluding carboxylic acids is 2. The van der Waals surface area contributed by atoms with Crippen LogP contribution in [-0.4, -0.2) is 32.2 Å². The number of esters is 1. The van der Waals surface area contributed by atoms with Gasteiger partial charge in [0.25, 0.3) is 5.91 Å². The Balaban J connectivity index is 1.78. The van der Waals surface area contributed by atoms with E-state index in [9.17, 15) is 9.59 Å². The van der Waals surface area contributed by atoms with Gasteiger partial charge in [-0.1, -0.05) is 6.07 Å². The number of amides is 1. The summed E-state index contributed by atoms with van der Waals surface area (Å²) in [4.78, 5) is 23.6. The number of carbonyl (C=O) groups is 2. The Bertz CT molecular complexity index is 746. The molecular weight excluding hydrogens is 437 g/mol. The van der Waals surface area contributed by atoms with Crippen molar-refractivity contribution in [3.63, 3.8) is 0 Å². The summed E-state index contributed by atoms with van der Waals surface area (Å²) in [7, 11) is 1.52. The summed E-state index contributed by atoms with van der Waals surface area (Å²) in [6, 6.07) is 12.6. The molecule has 6 nitrogen and oxygen atoms in total. The van der Waals surface area contributed by atoms with Gasteiger partial charge in [0.15, 0.2) is 13.2 Å². The molecule has 1 N–H and O–H groups in total. The molecular formula is C18H18INO5. The van der Waals surface area contributed by atoms with Gasteiger partial charge in [0.1, 0.15) is 11.5 Å². The van der Waals surface area contributed by atoms with Gasteiger partial charge < -0.3 is 19.5 Å². The molecule has 0 fully saturated rings. The van der Waals surface area contributed by atoms with Crippen LogP contribution in [0.15, 0.2) is 42.5 Å². The van der Waals surface area contributed by atoms with E-state index in [-0.39, 0.29) is 6.61 Å². The molecule has 25 heavy (non-hydrogen) atoms. The third-order valence-electron chi connectivity index (χ3n) is 3.16. The number of aryl methyl sites for hydroxylation is 1. The highest BCUT2D eigenvalue weighted by Crippen LogP contribution is 2.25. The van der Waals surface area contributed by atoms with Crippen molar-refractivity contribution >= 4 is 40.2 Å². The molecule has 0 aliphatic carbocycles. The SMILES string of the molecule is COc1ccc(C)cc1NC(=O)COC(=O)COc1ccc(I)cc1. The zero-order valence-corrected chi connectivity index (χ0v) is 16.0. The Labute approximate surface area is 159 Å². The van der Waals surface area contributed by atoms with E-state index in [1.807, 2.05) is 25.1 Å². The molecule has 2 aromatic rings. The Morgan fingerprint density at radius 1 is 1.08 bits per heavy atom. The number of hydrogen-bond donors (Lipinski definition) is 1. The van der Waals surface area contributed by atoms with Gasteiger partial charge in [0.2, 0.25) is 0 Å². The quantitative estimate of drug-likeness (QED) is 0.513. The van der Waals surface area contributed by atoms with Gasteiger partial charge >= 0.3 is 5.97 Å². The largest absolute Gasteiger partial charge is 0.495 e. The lowest BCUT2D eigenvalue weighted by Crippen LogP contribution is -2.23. The van der Waals surface area contributed by atoms with Gasteiger partial charge in [-0.05, 0) is 71.5 Å². The van der Waals surface area contributed by atoms with E-state index in [4.69, 9.17) is 14.2 Å². The topological polar surface area (TPSA) is 73.9 Å². The number of methoxy groups -OCH3 is 1. The summed E-state index contributed by atoms with van der Waals surface area (Å²) in [5.41, 5.74) is 1.50. The van der Waals surface area contributed by atoms with Gasteiger partial charge in [-0.2, -0.15) is 0 Å². The summed E-state index contributed by atoms with van der Waals surface area (Å²) in [5, 5.41) is 2.65. The lowest BCUT2D eigenvalue weighted by atomic mass is 10.2. The third-order valence-corrected chi connectivity index (χ3v) is 3.88. The monoisotopic (exact) mass is 455 g/mol. The zero-order chi connectivity index (χ0) is 18.2. The standard InChI is InChI=1S/C18H18INO5/c1-12-3-8-16(23-2)15(9-12)20-17(21)10-25-18(22)11-24-14-6-4-13(19)5-7-14/h3-9H,10-11H2,1-2H3,(H,20,21). The van der Waals surface area contributed by atoms with Gasteiger partial charge in [-0.3, -0.25) is 4.79 Å². The lowest BCUT2D eigenvalue weighted by molar-refractivity contribution is -0.149. The van der Waals surface area contributed by atoms with E-state index in [1.165, 1.54) is 7.11 Å². The molecule has 0 unspecified atom stereocenters. The second-order valence-corrected chi connectivity index (χ2v) is 6.40. The fourth-order valence-corrected chi connectivity index (χ4v) is 2.33. The van der Waals surface area contributed by atoms with Crippen molar-refractivity contribution in [2.45, 2.75) is 6.92 Å². The molecule has 0 aliphatic heterocycles. The van der Waals surface area contributed by atoms with Crippen molar-refractivity contribution in [3.8, 4) is 11.5 Å². The first kappa shape index (κ1) is 19.0. The average Bonchev–Trinajstić information content (AvgIpc) is 2.59. The second-order valence-electron chi connectivity index (χ2n) is 5.16. The van der Waals surface area contributed by atoms with Crippen LogP contribution in [0.2, 0.25) is 0 Å². The minimum Gasteiger partial charge on any atom is -0.495 e. The van der Waals surface area contributed by atoms with Crippen molar-refractivity contribution in [1.82, 2.24) is 0 Å². The maximum absolute atomic E-state index is 11.9. The van der Waals surface area contributed by atoms with Crippen LogP contribution in [0.25, 0.3) is 0 Å². The van der Waals surface area contributed by atoms with Crippen molar-refractivity contribution in [2.75, 3.05) is 25.6 Å². The van der Waals surface area contributed by atoms with E-state index >= 15 is 0 Å². The van der Waals surface area contributed by atoms with Crippen molar-refractivity contribution in [1.29, 1.82) is 0 Å². The smallest absolute Gasteiger partial charge is 0.344 e. The summed E-state index contributed by atoms with van der Waals surface area (Å²) in [6.07, 6.45) is 0. The first-order chi connectivity index (χ1) is 12.0. The fraction of sp³-hybridized carbons (Fsp3) is 0.222. The van der Waals surface area contributed by atoms with Crippen LogP contribution in [0.1, 0.15) is 5.56 Å². The maximum Gasteiger partial charge on any atom is 0.344 e. The van der Waals surface area contributed by atoms with Crippen LogP contribution in [0.5, 0.6) is 11.5 Å². The average molecular weight is 455 g/mol. The number of hydrogen-bond acceptors (Lipinski definition) is 5. The normalized spacial score (nSPS) is 10.0. The van der Waals surface area contributed by atoms with Crippen LogP contribution in [0.4, 0.5) is 5.69 Å². The summed E-state index contributed by atoms with van der Waals surface area (Å²) >= 11 is 2.17. The molecule has 0 radical (unpaired) electrons. The van der Waals surface area contributed by atoms with Crippen LogP contribution in [-0.2, 0) is 14.3 Å². The van der Waals surface area contributed by atoms with E-state index in [2.05, 4.69) is 27.9 Å². The van der Waals surface area contributed by atoms with Gasteiger partial charge in [0, 0.05) is 3.57 Å². The Hall–Kier alpha value is -2.29. The fourth-order valence-electron chi connectivity index (χ4n) is 1.97. The van der Waals surface area contributed by atoms with Gasteiger partial charge in [-0.25, -0.2) is 4.79 Å². The molecule has 2 aromatic carbocycles. The third kappa shape index (κ3) is 6.26. The highest BCUT2D eigenvalue weighted by molar-refractivity contribution is 14.1. The van der Waals surface area contributed by atoms with Gasteiger partial charge in [-0.15, -0.1) is 0 Å². The number of ether oxygens (including phenoxy) is 3. The molecule has 0 spiro atoms. The number of anilines is 1. The molecule has 0 heterocycles. The van der Waals surface area contributed by atoms with Crippen molar-refractivity contribution < 1.29 is 23.8 Å². The van der Waals surface area contributed by atoms with Crippen LogP contribution >= 0.6 is 22.6 Å². The van der Waals surface area contributed by atoms with Crippen LogP contribution in [0, 0.1) is 10.5 Å². The number of benzene rings is 2. The molecule has 0 aromatic heterocycles. The zero-order valence-electron chi connectivity index (χ0n) is 13.9. The molecule has 7 heteroatoms. The molecule has 0 bridgehead atoms. The minimum atomic E-state index is -0.620. The van der Waals surface area contributed by atoms with Crippen LogP contribution < -0.4 is 14.8 Å². The predicted octanol–water partition coefficient (Wildman–Crippen LogP) is 3.17. The summed E-state index contributed by atoms with van der Waals surface area (Å²) < 4.78 is 16.4. The molecule has 0 saturated heterocycles. The van der Waals surface area contributed by atoms with E-state index < -0.39 is 18.5 Å². The molecule has 2 rings (SSSR count). The van der Waals surface area contributed by atoms with Crippen molar-refractivity contribution in [2.24, 2.45) is 0 Å². The van der Waals surface area contributed by atoms with Crippen LogP contribution in [0.3, 0.4) is 0 Å². The molecule has 132 valence electrons. The Morgan fingerprint density at radius 2 is 1.80 bits per heavy atom. The number of halogens is 1. The Morgan fingerprint density at radius 3 is 2.48 bits per heavy atom. The molecule has 0 atom stereocenters. The molecule has 0 aliphatic rings. The molecule has 1 amide bonds. The number of nitrogens with one attached hydrogen (secondary N) is 1. The summed E-state index contributed by atoms with van der Waals surface area (Å²) in [6.45, 7) is 1.24. The lowest BCUT2D eigenvalue weighted by Gasteiger charge is -2.11. The summed E-state index contributed by atoms with van der Waals surface area (Å²) in [5.74, 6) is 0.0232. The first-order valence-corrected chi connectivity index (χ1v) is 8.54. The Kier molecular flexibility index (Phi) is 7.05. The first-order valence-electron chi connectivity index (χ1n) is 7.46. The van der Waals surface area contributed by atoms with E-state index in [0.717, 1.165) is 9.13 Å². The van der Waals surface area contributed by atoms with E-state index in [1.54, 1.807) is 24.3 Å². The second kappa shape index (κ2) is 9.26. The highest BCUT2D eigenvalue weighted by Gasteiger charge is 2.11. The predicted molar refractivity (Wildman–Crippen MR) is 102 cm³/mol. The van der Waals surface area contributed by atoms with Gasteiger partial charge in [0.05, 0.1) is 12.8 Å². The van der Waals surface area contributed by atoms with E-state index in [0.29, 0.717) is 17.2 Å². The minimum absolute atomic E-state index is 0.262. The maximum atomic E-state index is 11.9. The van der Waals surface area contributed by atoms with Crippen molar-refractivity contribution in [3.05, 3.63) is 51.6 Å². The molecule has 0 saturated carbocycles. The highest BCUT2D eigenvalue weighted by atomic mass is 127.